The minimum atomic E-state index is -1.09. The Labute approximate surface area is 88.1 Å². The third-order valence-corrected chi connectivity index (χ3v) is 1.71. The lowest BCUT2D eigenvalue weighted by Crippen LogP contribution is -2.41. The lowest BCUT2D eigenvalue weighted by Gasteiger charge is -2.09. The Morgan fingerprint density at radius 3 is 2.57 bits per heavy atom. The van der Waals surface area contributed by atoms with Crippen LogP contribution in [0.1, 0.15) is 6.92 Å². The van der Waals surface area contributed by atoms with Gasteiger partial charge in [-0.25, -0.2) is 4.79 Å². The van der Waals surface area contributed by atoms with Crippen molar-refractivity contribution < 1.29 is 14.7 Å². The molecule has 14 heavy (non-hydrogen) atoms. The van der Waals surface area contributed by atoms with Gasteiger partial charge in [-0.05, 0) is 6.92 Å². The van der Waals surface area contributed by atoms with Gasteiger partial charge in [-0.15, -0.1) is 0 Å². The summed E-state index contributed by atoms with van der Waals surface area (Å²) >= 11 is 3.81. The molecule has 1 amide bonds. The molecule has 1 unspecified atom stereocenters. The van der Waals surface area contributed by atoms with Crippen LogP contribution in [0.5, 0.6) is 0 Å². The molecule has 2 N–H and O–H groups in total. The number of amides is 1. The molecular weight excluding hydrogens is 202 g/mol. The first-order chi connectivity index (χ1) is 6.61. The van der Waals surface area contributed by atoms with Crippen molar-refractivity contribution in [1.29, 1.82) is 0 Å². The van der Waals surface area contributed by atoms with Crippen LogP contribution in [0.2, 0.25) is 0 Å². The molecule has 0 aromatic carbocycles. The van der Waals surface area contributed by atoms with Gasteiger partial charge in [0.2, 0.25) is 5.91 Å². The summed E-state index contributed by atoms with van der Waals surface area (Å²) in [5, 5.41) is 10.9. The molecule has 1 atom stereocenters. The first-order valence-electron chi connectivity index (χ1n) is 4.05. The highest BCUT2D eigenvalue weighted by atomic mass is 32.1. The number of rotatable bonds is 5. The van der Waals surface area contributed by atoms with Gasteiger partial charge < -0.3 is 10.4 Å². The number of thiol groups is 1. The van der Waals surface area contributed by atoms with Crippen LogP contribution in [0, 0.1) is 0 Å². The van der Waals surface area contributed by atoms with E-state index in [9.17, 15) is 9.59 Å². The summed E-state index contributed by atoms with van der Waals surface area (Å²) < 4.78 is 0. The Hall–Kier alpha value is -1.23. The van der Waals surface area contributed by atoms with E-state index in [0.717, 1.165) is 0 Å². The Kier molecular flexibility index (Phi) is 6.57. The number of nitrogens with one attached hydrogen (secondary N) is 1. The normalized spacial score (nSPS) is 13.3. The van der Waals surface area contributed by atoms with Gasteiger partial charge in [-0.2, -0.15) is 12.6 Å². The summed E-state index contributed by atoms with van der Waals surface area (Å²) in [7, 11) is 0. The first kappa shape index (κ1) is 12.8. The SMILES string of the molecule is C/C=C/C=C/C(=O)NC(CS)C(=O)O. The summed E-state index contributed by atoms with van der Waals surface area (Å²) in [5.74, 6) is -1.46. The summed E-state index contributed by atoms with van der Waals surface area (Å²) in [6, 6.07) is -0.943. The largest absolute Gasteiger partial charge is 0.480 e. The molecule has 0 aliphatic rings. The predicted octanol–water partition coefficient (Wildman–Crippen LogP) is 0.618. The quantitative estimate of drug-likeness (QED) is 0.358. The Morgan fingerprint density at radius 2 is 2.14 bits per heavy atom. The van der Waals surface area contributed by atoms with Gasteiger partial charge in [-0.1, -0.05) is 18.2 Å². The van der Waals surface area contributed by atoms with Gasteiger partial charge in [0.15, 0.2) is 0 Å². The van der Waals surface area contributed by atoms with E-state index in [1.54, 1.807) is 12.2 Å². The molecule has 0 saturated heterocycles. The average Bonchev–Trinajstić information content (AvgIpc) is 2.14. The molecule has 0 saturated carbocycles. The minimum Gasteiger partial charge on any atom is -0.480 e. The Bertz CT molecular complexity index is 261. The van der Waals surface area contributed by atoms with Crippen molar-refractivity contribution in [2.45, 2.75) is 13.0 Å². The topological polar surface area (TPSA) is 66.4 Å². The molecular formula is C9H13NO3S. The van der Waals surface area contributed by atoms with Gasteiger partial charge in [0.25, 0.3) is 0 Å². The molecule has 5 heteroatoms. The van der Waals surface area contributed by atoms with E-state index in [2.05, 4.69) is 17.9 Å². The van der Waals surface area contributed by atoms with Crippen molar-refractivity contribution in [1.82, 2.24) is 5.32 Å². The fraction of sp³-hybridized carbons (Fsp3) is 0.333. The number of carbonyl (C=O) groups is 2. The molecule has 0 aliphatic carbocycles. The number of carboxylic acids is 1. The zero-order valence-electron chi connectivity index (χ0n) is 7.80. The number of carboxylic acid groups (broad SMARTS) is 1. The summed E-state index contributed by atoms with van der Waals surface area (Å²) in [4.78, 5) is 21.6. The molecule has 0 rings (SSSR count). The monoisotopic (exact) mass is 215 g/mol. The lowest BCUT2D eigenvalue weighted by atomic mass is 10.3. The fourth-order valence-corrected chi connectivity index (χ4v) is 0.907. The first-order valence-corrected chi connectivity index (χ1v) is 4.68. The van der Waals surface area contributed by atoms with E-state index >= 15 is 0 Å². The second-order valence-corrected chi connectivity index (χ2v) is 2.83. The van der Waals surface area contributed by atoms with Crippen LogP contribution in [-0.4, -0.2) is 28.8 Å². The van der Waals surface area contributed by atoms with E-state index in [1.807, 2.05) is 6.92 Å². The van der Waals surface area contributed by atoms with Crippen molar-refractivity contribution in [3.05, 3.63) is 24.3 Å². The highest BCUT2D eigenvalue weighted by molar-refractivity contribution is 7.80. The van der Waals surface area contributed by atoms with Crippen LogP contribution in [-0.2, 0) is 9.59 Å². The van der Waals surface area contributed by atoms with Crippen molar-refractivity contribution >= 4 is 24.5 Å². The standard InChI is InChI=1S/C9H13NO3S/c1-2-3-4-5-8(11)10-7(6-14)9(12)13/h2-5,7,14H,6H2,1H3,(H,10,11)(H,12,13)/b3-2+,5-4+. The van der Waals surface area contributed by atoms with E-state index in [-0.39, 0.29) is 5.75 Å². The van der Waals surface area contributed by atoms with Crippen LogP contribution in [0.25, 0.3) is 0 Å². The van der Waals surface area contributed by atoms with Gasteiger partial charge in [-0.3, -0.25) is 4.79 Å². The Balaban J connectivity index is 4.09. The summed E-state index contributed by atoms with van der Waals surface area (Å²) in [6.45, 7) is 1.82. The number of allylic oxidation sites excluding steroid dienone is 3. The van der Waals surface area contributed by atoms with Gasteiger partial charge >= 0.3 is 5.97 Å². The maximum atomic E-state index is 11.1. The molecule has 0 aromatic rings. The molecule has 0 heterocycles. The van der Waals surface area contributed by atoms with Gasteiger partial charge in [0.05, 0.1) is 0 Å². The van der Waals surface area contributed by atoms with Crippen LogP contribution in [0.3, 0.4) is 0 Å². The van der Waals surface area contributed by atoms with Crippen LogP contribution >= 0.6 is 12.6 Å². The maximum absolute atomic E-state index is 11.1. The fourth-order valence-electron chi connectivity index (χ4n) is 0.659. The van der Waals surface area contributed by atoms with Crippen molar-refractivity contribution in [2.75, 3.05) is 5.75 Å². The Morgan fingerprint density at radius 1 is 1.50 bits per heavy atom. The molecule has 0 radical (unpaired) electrons. The average molecular weight is 215 g/mol. The third kappa shape index (κ3) is 5.42. The van der Waals surface area contributed by atoms with E-state index in [4.69, 9.17) is 5.11 Å². The van der Waals surface area contributed by atoms with Crippen LogP contribution < -0.4 is 5.32 Å². The highest BCUT2D eigenvalue weighted by Gasteiger charge is 2.16. The molecule has 4 nitrogen and oxygen atoms in total. The van der Waals surface area contributed by atoms with Crippen molar-refractivity contribution in [3.8, 4) is 0 Å². The van der Waals surface area contributed by atoms with Gasteiger partial charge in [0, 0.05) is 11.8 Å². The number of carbonyl (C=O) groups excluding carboxylic acids is 1. The molecule has 0 bridgehead atoms. The molecule has 78 valence electrons. The second kappa shape index (κ2) is 7.20. The second-order valence-electron chi connectivity index (χ2n) is 2.47. The number of aliphatic carboxylic acids is 1. The lowest BCUT2D eigenvalue weighted by molar-refractivity contribution is -0.140. The van der Waals surface area contributed by atoms with Crippen molar-refractivity contribution in [3.63, 3.8) is 0 Å². The summed E-state index contributed by atoms with van der Waals surface area (Å²) in [6.07, 6.45) is 6.24. The molecule has 0 spiro atoms. The number of hydrogen-bond acceptors (Lipinski definition) is 3. The highest BCUT2D eigenvalue weighted by Crippen LogP contribution is 1.89. The smallest absolute Gasteiger partial charge is 0.327 e. The molecule has 0 aliphatic heterocycles. The summed E-state index contributed by atoms with van der Waals surface area (Å²) in [5.41, 5.74) is 0. The van der Waals surface area contributed by atoms with E-state index in [0.29, 0.717) is 0 Å². The van der Waals surface area contributed by atoms with Crippen LogP contribution in [0.15, 0.2) is 24.3 Å². The predicted molar refractivity (Wildman–Crippen MR) is 57.4 cm³/mol. The zero-order chi connectivity index (χ0) is 11.0. The van der Waals surface area contributed by atoms with E-state index in [1.165, 1.54) is 12.2 Å². The maximum Gasteiger partial charge on any atom is 0.327 e. The third-order valence-electron chi connectivity index (χ3n) is 1.35. The molecule has 0 fully saturated rings. The van der Waals surface area contributed by atoms with Crippen molar-refractivity contribution in [2.24, 2.45) is 0 Å². The number of hydrogen-bond donors (Lipinski definition) is 3. The van der Waals surface area contributed by atoms with E-state index < -0.39 is 17.9 Å². The molecule has 0 aromatic heterocycles. The minimum absolute atomic E-state index is 0.0680. The zero-order valence-corrected chi connectivity index (χ0v) is 8.70. The van der Waals surface area contributed by atoms with Crippen LogP contribution in [0.4, 0.5) is 0 Å². The van der Waals surface area contributed by atoms with Gasteiger partial charge in [0.1, 0.15) is 6.04 Å².